The molecule has 1 atom stereocenters. The lowest BCUT2D eigenvalue weighted by Crippen LogP contribution is -2.31. The number of ether oxygens (including phenoxy) is 1. The summed E-state index contributed by atoms with van der Waals surface area (Å²) in [5, 5.41) is 4.22. The Hall–Kier alpha value is -1.81. The summed E-state index contributed by atoms with van der Waals surface area (Å²) in [6, 6.07) is 5.76. The third-order valence-electron chi connectivity index (χ3n) is 3.83. The van der Waals surface area contributed by atoms with Crippen molar-refractivity contribution in [2.45, 2.75) is 25.8 Å². The van der Waals surface area contributed by atoms with Crippen molar-refractivity contribution >= 4 is 16.7 Å². The van der Waals surface area contributed by atoms with Crippen molar-refractivity contribution < 1.29 is 9.53 Å². The van der Waals surface area contributed by atoms with Gasteiger partial charge in [-0.05, 0) is 32.4 Å². The maximum absolute atomic E-state index is 12.6. The number of aryl methyl sites for hydroxylation is 1. The van der Waals surface area contributed by atoms with Gasteiger partial charge in [-0.2, -0.15) is 0 Å². The smallest absolute Gasteiger partial charge is 0.182 e. The fourth-order valence-corrected chi connectivity index (χ4v) is 2.89. The van der Waals surface area contributed by atoms with Crippen LogP contribution in [0.3, 0.4) is 0 Å². The minimum Gasteiger partial charge on any atom is -0.495 e. The lowest BCUT2D eigenvalue weighted by atomic mass is 10.00. The Morgan fingerprint density at radius 3 is 2.95 bits per heavy atom. The van der Waals surface area contributed by atoms with Crippen molar-refractivity contribution in [1.82, 2.24) is 10.3 Å². The monoisotopic (exact) mass is 258 g/mol. The van der Waals surface area contributed by atoms with Crippen LogP contribution in [0.4, 0.5) is 0 Å². The molecule has 0 amide bonds. The molecule has 1 aromatic carbocycles. The summed E-state index contributed by atoms with van der Waals surface area (Å²) < 4.78 is 5.34. The zero-order valence-corrected chi connectivity index (χ0v) is 11.2. The molecule has 0 bridgehead atoms. The number of nitrogens with one attached hydrogen (secondary N) is 2. The summed E-state index contributed by atoms with van der Waals surface area (Å²) in [4.78, 5) is 15.9. The van der Waals surface area contributed by atoms with E-state index in [-0.39, 0.29) is 11.8 Å². The summed E-state index contributed by atoms with van der Waals surface area (Å²) in [6.45, 7) is 2.88. The molecule has 3 rings (SSSR count). The number of Topliss-reactive ketones (excluding diaryl/α,β-unsaturated/α-hetero) is 1. The molecule has 0 saturated carbocycles. The number of hydrogen-bond donors (Lipinski definition) is 2. The quantitative estimate of drug-likeness (QED) is 0.831. The largest absolute Gasteiger partial charge is 0.495 e. The predicted octanol–water partition coefficient (Wildman–Crippen LogP) is 2.42. The molecular formula is C15H18N2O2. The SMILES string of the molecule is COc1cccc2c(C(=O)C3CCCN3)c(C)[nH]c12. The fourth-order valence-electron chi connectivity index (χ4n) is 2.89. The molecule has 0 spiro atoms. The van der Waals surface area contributed by atoms with Gasteiger partial charge in [-0.3, -0.25) is 4.79 Å². The van der Waals surface area contributed by atoms with E-state index in [1.54, 1.807) is 7.11 Å². The average molecular weight is 258 g/mol. The van der Waals surface area contributed by atoms with Crippen molar-refractivity contribution in [2.75, 3.05) is 13.7 Å². The van der Waals surface area contributed by atoms with Gasteiger partial charge in [-0.25, -0.2) is 0 Å². The van der Waals surface area contributed by atoms with Crippen LogP contribution in [-0.4, -0.2) is 30.5 Å². The molecule has 100 valence electrons. The molecule has 1 aromatic heterocycles. The first-order valence-corrected chi connectivity index (χ1v) is 6.65. The molecule has 1 aliphatic rings. The van der Waals surface area contributed by atoms with Crippen LogP contribution in [0.25, 0.3) is 10.9 Å². The molecule has 4 nitrogen and oxygen atoms in total. The van der Waals surface area contributed by atoms with Gasteiger partial charge in [0.05, 0.1) is 18.7 Å². The van der Waals surface area contributed by atoms with Gasteiger partial charge in [-0.1, -0.05) is 12.1 Å². The highest BCUT2D eigenvalue weighted by molar-refractivity contribution is 6.12. The average Bonchev–Trinajstić information content (AvgIpc) is 3.04. The first kappa shape index (κ1) is 12.2. The van der Waals surface area contributed by atoms with Crippen LogP contribution in [0, 0.1) is 6.92 Å². The highest BCUT2D eigenvalue weighted by atomic mass is 16.5. The lowest BCUT2D eigenvalue weighted by Gasteiger charge is -2.09. The van der Waals surface area contributed by atoms with Gasteiger partial charge >= 0.3 is 0 Å². The van der Waals surface area contributed by atoms with Gasteiger partial charge in [-0.15, -0.1) is 0 Å². The minimum absolute atomic E-state index is 0.0381. The highest BCUT2D eigenvalue weighted by Crippen LogP contribution is 2.30. The first-order valence-electron chi connectivity index (χ1n) is 6.65. The number of rotatable bonds is 3. The van der Waals surface area contributed by atoms with Crippen molar-refractivity contribution in [3.05, 3.63) is 29.5 Å². The molecule has 1 unspecified atom stereocenters. The summed E-state index contributed by atoms with van der Waals surface area (Å²) in [5.41, 5.74) is 2.62. The van der Waals surface area contributed by atoms with E-state index >= 15 is 0 Å². The Bertz CT molecular complexity index is 624. The van der Waals surface area contributed by atoms with Crippen molar-refractivity contribution in [2.24, 2.45) is 0 Å². The number of hydrogen-bond acceptors (Lipinski definition) is 3. The number of methoxy groups -OCH3 is 1. The predicted molar refractivity (Wildman–Crippen MR) is 74.9 cm³/mol. The van der Waals surface area contributed by atoms with E-state index in [0.717, 1.165) is 47.3 Å². The molecular weight excluding hydrogens is 240 g/mol. The van der Waals surface area contributed by atoms with Crippen molar-refractivity contribution in [1.29, 1.82) is 0 Å². The highest BCUT2D eigenvalue weighted by Gasteiger charge is 2.27. The number of carbonyl (C=O) groups is 1. The lowest BCUT2D eigenvalue weighted by molar-refractivity contribution is 0.0953. The second-order valence-corrected chi connectivity index (χ2v) is 5.02. The van der Waals surface area contributed by atoms with Gasteiger partial charge in [0.15, 0.2) is 5.78 Å². The second-order valence-electron chi connectivity index (χ2n) is 5.02. The van der Waals surface area contributed by atoms with Crippen LogP contribution in [0.5, 0.6) is 5.75 Å². The molecule has 0 aliphatic carbocycles. The number of aromatic amines is 1. The molecule has 19 heavy (non-hydrogen) atoms. The van der Waals surface area contributed by atoms with Crippen molar-refractivity contribution in [3.8, 4) is 5.75 Å². The number of carbonyl (C=O) groups excluding carboxylic acids is 1. The van der Waals surface area contributed by atoms with Gasteiger partial charge in [0.25, 0.3) is 0 Å². The Balaban J connectivity index is 2.12. The number of aromatic nitrogens is 1. The molecule has 1 fully saturated rings. The summed E-state index contributed by atoms with van der Waals surface area (Å²) in [7, 11) is 1.64. The number of fused-ring (bicyclic) bond motifs is 1. The number of H-pyrrole nitrogens is 1. The minimum atomic E-state index is -0.0381. The second kappa shape index (κ2) is 4.70. The molecule has 4 heteroatoms. The van der Waals surface area contributed by atoms with E-state index in [2.05, 4.69) is 10.3 Å². The van der Waals surface area contributed by atoms with E-state index in [0.29, 0.717) is 0 Å². The molecule has 2 heterocycles. The Labute approximate surface area is 112 Å². The third-order valence-corrected chi connectivity index (χ3v) is 3.83. The zero-order chi connectivity index (χ0) is 13.4. The summed E-state index contributed by atoms with van der Waals surface area (Å²) in [6.07, 6.45) is 2.00. The van der Waals surface area contributed by atoms with Crippen LogP contribution < -0.4 is 10.1 Å². The molecule has 1 saturated heterocycles. The first-order chi connectivity index (χ1) is 9.22. The summed E-state index contributed by atoms with van der Waals surface area (Å²) in [5.74, 6) is 0.966. The maximum atomic E-state index is 12.6. The van der Waals surface area contributed by atoms with E-state index in [1.165, 1.54) is 0 Å². The Morgan fingerprint density at radius 1 is 1.42 bits per heavy atom. The van der Waals surface area contributed by atoms with Crippen molar-refractivity contribution in [3.63, 3.8) is 0 Å². The van der Waals surface area contributed by atoms with E-state index in [9.17, 15) is 4.79 Å². The van der Waals surface area contributed by atoms with Gasteiger partial charge in [0.2, 0.25) is 0 Å². The van der Waals surface area contributed by atoms with E-state index in [1.807, 2.05) is 25.1 Å². The Kier molecular flexibility index (Phi) is 3.03. The van der Waals surface area contributed by atoms with E-state index in [4.69, 9.17) is 4.74 Å². The van der Waals surface area contributed by atoms with Gasteiger partial charge < -0.3 is 15.0 Å². The van der Waals surface area contributed by atoms with Crippen LogP contribution in [-0.2, 0) is 0 Å². The van der Waals surface area contributed by atoms with Gasteiger partial charge in [0, 0.05) is 16.6 Å². The zero-order valence-electron chi connectivity index (χ0n) is 11.2. The fraction of sp³-hybridized carbons (Fsp3) is 0.400. The van der Waals surface area contributed by atoms with Crippen LogP contribution in [0.15, 0.2) is 18.2 Å². The molecule has 2 aromatic rings. The number of para-hydroxylation sites is 1. The van der Waals surface area contributed by atoms with Crippen LogP contribution in [0.1, 0.15) is 28.9 Å². The summed E-state index contributed by atoms with van der Waals surface area (Å²) >= 11 is 0. The third kappa shape index (κ3) is 1.92. The van der Waals surface area contributed by atoms with Crippen LogP contribution >= 0.6 is 0 Å². The standard InChI is InChI=1S/C15H18N2O2/c1-9-13(15(18)11-6-4-8-16-11)10-5-3-7-12(19-2)14(10)17-9/h3,5,7,11,16-17H,4,6,8H2,1-2H3. The Morgan fingerprint density at radius 2 is 2.26 bits per heavy atom. The van der Waals surface area contributed by atoms with Crippen LogP contribution in [0.2, 0.25) is 0 Å². The molecule has 2 N–H and O–H groups in total. The van der Waals surface area contributed by atoms with Gasteiger partial charge in [0.1, 0.15) is 5.75 Å². The topological polar surface area (TPSA) is 54.1 Å². The maximum Gasteiger partial charge on any atom is 0.182 e. The molecule has 1 aliphatic heterocycles. The number of ketones is 1. The molecule has 0 radical (unpaired) electrons. The van der Waals surface area contributed by atoms with E-state index < -0.39 is 0 Å². The normalized spacial score (nSPS) is 18.9. The number of benzene rings is 1.